The van der Waals surface area contributed by atoms with E-state index in [1.54, 1.807) is 0 Å². The van der Waals surface area contributed by atoms with E-state index >= 15 is 0 Å². The molecule has 1 unspecified atom stereocenters. The number of nitrogens with zero attached hydrogens (tertiary/aromatic N) is 2. The summed E-state index contributed by atoms with van der Waals surface area (Å²) in [7, 11) is 0. The van der Waals surface area contributed by atoms with E-state index < -0.39 is 6.10 Å². The average Bonchev–Trinajstić information content (AvgIpc) is 2.84. The topological polar surface area (TPSA) is 59.2 Å². The van der Waals surface area contributed by atoms with Crippen LogP contribution in [0.3, 0.4) is 0 Å². The van der Waals surface area contributed by atoms with Crippen molar-refractivity contribution in [3.05, 3.63) is 47.1 Å². The highest BCUT2D eigenvalue weighted by molar-refractivity contribution is 5.22. The zero-order chi connectivity index (χ0) is 13.0. The molecule has 1 N–H and O–H groups in total. The second-order valence-electron chi connectivity index (χ2n) is 4.46. The molecule has 96 valence electrons. The summed E-state index contributed by atoms with van der Waals surface area (Å²) in [4.78, 5) is 4.19. The number of rotatable bonds is 5. The predicted molar refractivity (Wildman–Crippen MR) is 68.1 cm³/mol. The summed E-state index contributed by atoms with van der Waals surface area (Å²) in [5.74, 6) is 0.968. The first-order valence-corrected chi connectivity index (χ1v) is 6.25. The fourth-order valence-electron chi connectivity index (χ4n) is 1.81. The summed E-state index contributed by atoms with van der Waals surface area (Å²) in [6.07, 6.45) is 1.54. The third-order valence-corrected chi connectivity index (χ3v) is 2.88. The second kappa shape index (κ2) is 5.78. The number of aryl methyl sites for hydroxylation is 3. The van der Waals surface area contributed by atoms with Crippen LogP contribution in [-0.4, -0.2) is 15.2 Å². The van der Waals surface area contributed by atoms with Crippen LogP contribution in [0.1, 0.15) is 42.3 Å². The number of hydrogen-bond acceptors (Lipinski definition) is 4. The fraction of sp³-hybridized carbons (Fsp3) is 0.429. The van der Waals surface area contributed by atoms with E-state index in [0.29, 0.717) is 24.6 Å². The number of hydrogen-bond donors (Lipinski definition) is 1. The highest BCUT2D eigenvalue weighted by Crippen LogP contribution is 2.13. The minimum atomic E-state index is -0.624. The molecule has 0 amide bonds. The van der Waals surface area contributed by atoms with Crippen molar-refractivity contribution in [3.8, 4) is 0 Å². The van der Waals surface area contributed by atoms with E-state index in [9.17, 15) is 5.11 Å². The van der Waals surface area contributed by atoms with Crippen molar-refractivity contribution in [2.75, 3.05) is 0 Å². The van der Waals surface area contributed by atoms with Crippen molar-refractivity contribution in [2.45, 2.75) is 39.2 Å². The normalized spacial score (nSPS) is 12.6. The lowest BCUT2D eigenvalue weighted by atomic mass is 10.1. The highest BCUT2D eigenvalue weighted by atomic mass is 16.5. The van der Waals surface area contributed by atoms with Crippen LogP contribution in [0.4, 0.5) is 0 Å². The Morgan fingerprint density at radius 1 is 1.33 bits per heavy atom. The lowest BCUT2D eigenvalue weighted by Crippen LogP contribution is -1.98. The van der Waals surface area contributed by atoms with Gasteiger partial charge in [0.05, 0.1) is 0 Å². The summed E-state index contributed by atoms with van der Waals surface area (Å²) in [5, 5.41) is 13.4. The Labute approximate surface area is 107 Å². The predicted octanol–water partition coefficient (Wildman–Crippen LogP) is 2.61. The Morgan fingerprint density at radius 2 is 2.17 bits per heavy atom. The molecule has 4 heteroatoms. The van der Waals surface area contributed by atoms with Crippen molar-refractivity contribution in [3.63, 3.8) is 0 Å². The van der Waals surface area contributed by atoms with Crippen molar-refractivity contribution < 1.29 is 9.63 Å². The minimum absolute atomic E-state index is 0.386. The first-order valence-electron chi connectivity index (χ1n) is 6.25. The van der Waals surface area contributed by atoms with Crippen LogP contribution >= 0.6 is 0 Å². The average molecular weight is 246 g/mol. The molecule has 0 radical (unpaired) electrons. The minimum Gasteiger partial charge on any atom is -0.385 e. The summed E-state index contributed by atoms with van der Waals surface area (Å²) in [5.41, 5.74) is 2.51. The van der Waals surface area contributed by atoms with E-state index in [2.05, 4.69) is 35.3 Å². The Kier molecular flexibility index (Phi) is 4.10. The molecule has 1 aromatic heterocycles. The highest BCUT2D eigenvalue weighted by Gasteiger charge is 2.13. The van der Waals surface area contributed by atoms with Gasteiger partial charge in [-0.15, -0.1) is 0 Å². The molecule has 0 saturated heterocycles. The van der Waals surface area contributed by atoms with E-state index in [0.717, 1.165) is 6.42 Å². The van der Waals surface area contributed by atoms with Crippen molar-refractivity contribution in [2.24, 2.45) is 0 Å². The summed E-state index contributed by atoms with van der Waals surface area (Å²) >= 11 is 0. The standard InChI is InChI=1S/C14H18N2O2/c1-3-12(17)14-15-13(18-16-14)8-7-11-6-4-5-10(2)9-11/h4-6,9,12,17H,3,7-8H2,1-2H3. The fourth-order valence-corrected chi connectivity index (χ4v) is 1.81. The SMILES string of the molecule is CCC(O)c1noc(CCc2cccc(C)c2)n1. The molecule has 0 bridgehead atoms. The van der Waals surface area contributed by atoms with Crippen LogP contribution in [0.2, 0.25) is 0 Å². The molecule has 0 aliphatic rings. The van der Waals surface area contributed by atoms with Crippen molar-refractivity contribution in [1.82, 2.24) is 10.1 Å². The molecule has 0 fully saturated rings. The first kappa shape index (κ1) is 12.8. The summed E-state index contributed by atoms with van der Waals surface area (Å²) in [6.45, 7) is 3.96. The van der Waals surface area contributed by atoms with Crippen LogP contribution in [0, 0.1) is 6.92 Å². The van der Waals surface area contributed by atoms with Crippen molar-refractivity contribution in [1.29, 1.82) is 0 Å². The van der Waals surface area contributed by atoms with Crippen LogP contribution in [-0.2, 0) is 12.8 Å². The van der Waals surface area contributed by atoms with Crippen LogP contribution in [0.15, 0.2) is 28.8 Å². The van der Waals surface area contributed by atoms with Gasteiger partial charge >= 0.3 is 0 Å². The molecule has 1 aromatic carbocycles. The second-order valence-corrected chi connectivity index (χ2v) is 4.46. The van der Waals surface area contributed by atoms with Crippen LogP contribution in [0.25, 0.3) is 0 Å². The van der Waals surface area contributed by atoms with Gasteiger partial charge in [-0.2, -0.15) is 4.98 Å². The summed E-state index contributed by atoms with van der Waals surface area (Å²) in [6, 6.07) is 8.36. The maximum absolute atomic E-state index is 9.58. The van der Waals surface area contributed by atoms with Gasteiger partial charge in [0.25, 0.3) is 0 Å². The lowest BCUT2D eigenvalue weighted by Gasteiger charge is -2.00. The molecule has 1 heterocycles. The third kappa shape index (κ3) is 3.17. The maximum atomic E-state index is 9.58. The van der Waals surface area contributed by atoms with Gasteiger partial charge in [0.15, 0.2) is 5.82 Å². The van der Waals surface area contributed by atoms with Gasteiger partial charge in [-0.25, -0.2) is 0 Å². The molecular formula is C14H18N2O2. The largest absolute Gasteiger partial charge is 0.385 e. The third-order valence-electron chi connectivity index (χ3n) is 2.88. The first-order chi connectivity index (χ1) is 8.69. The summed E-state index contributed by atoms with van der Waals surface area (Å²) < 4.78 is 5.12. The molecular weight excluding hydrogens is 228 g/mol. The monoisotopic (exact) mass is 246 g/mol. The van der Waals surface area contributed by atoms with E-state index in [1.165, 1.54) is 11.1 Å². The quantitative estimate of drug-likeness (QED) is 0.881. The number of benzene rings is 1. The lowest BCUT2D eigenvalue weighted by molar-refractivity contribution is 0.159. The number of aromatic nitrogens is 2. The van der Waals surface area contributed by atoms with E-state index in [4.69, 9.17) is 4.52 Å². The molecule has 0 spiro atoms. The van der Waals surface area contributed by atoms with E-state index in [1.807, 2.05) is 13.0 Å². The molecule has 2 aromatic rings. The molecule has 2 rings (SSSR count). The number of aliphatic hydroxyl groups is 1. The Bertz CT molecular complexity index is 508. The maximum Gasteiger partial charge on any atom is 0.227 e. The van der Waals surface area contributed by atoms with Gasteiger partial charge in [0.2, 0.25) is 5.89 Å². The van der Waals surface area contributed by atoms with Gasteiger partial charge in [-0.3, -0.25) is 0 Å². The Balaban J connectivity index is 1.96. The van der Waals surface area contributed by atoms with Gasteiger partial charge in [-0.1, -0.05) is 41.9 Å². The van der Waals surface area contributed by atoms with Crippen molar-refractivity contribution >= 4 is 0 Å². The zero-order valence-electron chi connectivity index (χ0n) is 10.8. The molecule has 0 aliphatic heterocycles. The number of aliphatic hydroxyl groups excluding tert-OH is 1. The van der Waals surface area contributed by atoms with Gasteiger partial charge in [0, 0.05) is 6.42 Å². The van der Waals surface area contributed by atoms with Gasteiger partial charge < -0.3 is 9.63 Å². The Hall–Kier alpha value is -1.68. The molecule has 0 aliphatic carbocycles. The smallest absolute Gasteiger partial charge is 0.227 e. The van der Waals surface area contributed by atoms with Gasteiger partial charge in [0.1, 0.15) is 6.10 Å². The Morgan fingerprint density at radius 3 is 2.89 bits per heavy atom. The van der Waals surface area contributed by atoms with Crippen LogP contribution in [0.5, 0.6) is 0 Å². The molecule has 4 nitrogen and oxygen atoms in total. The van der Waals surface area contributed by atoms with Gasteiger partial charge in [-0.05, 0) is 25.3 Å². The molecule has 18 heavy (non-hydrogen) atoms. The van der Waals surface area contributed by atoms with Crippen LogP contribution < -0.4 is 0 Å². The molecule has 1 atom stereocenters. The molecule has 0 saturated carbocycles. The van der Waals surface area contributed by atoms with E-state index in [-0.39, 0.29) is 0 Å². The zero-order valence-corrected chi connectivity index (χ0v) is 10.8.